The minimum Gasteiger partial charge on any atom is -0.476 e. The molecule has 0 aliphatic heterocycles. The van der Waals surface area contributed by atoms with Crippen LogP contribution in [0.2, 0.25) is 0 Å². The molecule has 3 N–H and O–H groups in total. The van der Waals surface area contributed by atoms with Gasteiger partial charge in [0.25, 0.3) is 0 Å². The lowest BCUT2D eigenvalue weighted by atomic mass is 9.92. The van der Waals surface area contributed by atoms with Crippen molar-refractivity contribution in [3.63, 3.8) is 0 Å². The summed E-state index contributed by atoms with van der Waals surface area (Å²) in [6.07, 6.45) is 6.21. The number of rotatable bonds is 18. The van der Waals surface area contributed by atoms with Gasteiger partial charge in [-0.1, -0.05) is 49.4 Å². The molecule has 0 atom stereocenters. The molecule has 13 heteroatoms. The zero-order valence-corrected chi connectivity index (χ0v) is 17.2. The number of aliphatic imine (C=N–C) groups is 2. The second kappa shape index (κ2) is 44.8. The van der Waals surface area contributed by atoms with E-state index >= 15 is 0 Å². The topological polar surface area (TPSA) is 175 Å². The standard InChI is InChI=1S/C14H24O7.C3H2N2O2.CH4O2.4CH4/c1-4-16-11-19-8-14(7-15,9-20-12-17-5-2)10-21-13-18-6-3;6-2-4-1-5-3-7;2-1-3;;;;/h4-6,15H,1-3,7-13H2;1H2;2-3H,1H2;4*1H4. The lowest BCUT2D eigenvalue weighted by molar-refractivity contribution is -0.149. The fourth-order valence-electron chi connectivity index (χ4n) is 1.42. The first-order chi connectivity index (χ1) is 15.1. The molecule has 0 aromatic carbocycles. The van der Waals surface area contributed by atoms with E-state index in [0.717, 1.165) is 0 Å². The highest BCUT2D eigenvalue weighted by Gasteiger charge is 2.31. The molecule has 0 rings (SSSR count). The van der Waals surface area contributed by atoms with E-state index in [1.807, 2.05) is 0 Å². The molecule has 13 nitrogen and oxygen atoms in total. The second-order valence-electron chi connectivity index (χ2n) is 4.84. The summed E-state index contributed by atoms with van der Waals surface area (Å²) in [6.45, 7) is 9.67. The van der Waals surface area contributed by atoms with E-state index in [4.69, 9.17) is 38.6 Å². The molecule has 210 valence electrons. The van der Waals surface area contributed by atoms with Crippen LogP contribution in [0.25, 0.3) is 0 Å². The maximum absolute atomic E-state index is 9.62. The van der Waals surface area contributed by atoms with E-state index in [9.17, 15) is 14.7 Å². The molecule has 0 bridgehead atoms. The van der Waals surface area contributed by atoms with Crippen molar-refractivity contribution in [1.82, 2.24) is 0 Å². The molecule has 0 saturated heterocycles. The summed E-state index contributed by atoms with van der Waals surface area (Å²) < 4.78 is 30.5. The number of ether oxygens (including phenoxy) is 6. The molecule has 35 heavy (non-hydrogen) atoms. The fraction of sp³-hybridized carbons (Fsp3) is 0.636. The van der Waals surface area contributed by atoms with E-state index in [-0.39, 0.29) is 83.2 Å². The number of hydrogen-bond acceptors (Lipinski definition) is 13. The zero-order valence-electron chi connectivity index (χ0n) is 17.2. The summed E-state index contributed by atoms with van der Waals surface area (Å²) in [6, 6.07) is 0. The van der Waals surface area contributed by atoms with Gasteiger partial charge in [-0.3, -0.25) is 0 Å². The third kappa shape index (κ3) is 41.8. The van der Waals surface area contributed by atoms with Crippen molar-refractivity contribution < 1.29 is 53.3 Å². The molecular formula is C22H46N2O11. The van der Waals surface area contributed by atoms with Gasteiger partial charge < -0.3 is 43.7 Å². The molecule has 0 fully saturated rings. The van der Waals surface area contributed by atoms with Crippen LogP contribution in [0.1, 0.15) is 29.7 Å². The Morgan fingerprint density at radius 1 is 0.686 bits per heavy atom. The molecule has 0 unspecified atom stereocenters. The summed E-state index contributed by atoms with van der Waals surface area (Å²) in [4.78, 5) is 24.2. The van der Waals surface area contributed by atoms with Crippen molar-refractivity contribution in [2.24, 2.45) is 15.4 Å². The van der Waals surface area contributed by atoms with Crippen LogP contribution in [-0.4, -0.2) is 87.7 Å². The highest BCUT2D eigenvalue weighted by Crippen LogP contribution is 2.19. The third-order valence-corrected chi connectivity index (χ3v) is 2.64. The SMILES string of the molecule is C.C.C.C.C=COCOCC(CO)(COCOC=C)COCOC=C.O=C=NCN=C=O.OCO. The van der Waals surface area contributed by atoms with Crippen LogP contribution in [0.3, 0.4) is 0 Å². The molecule has 0 spiro atoms. The number of aliphatic hydroxyl groups is 3. The van der Waals surface area contributed by atoms with Crippen molar-refractivity contribution in [3.8, 4) is 0 Å². The lowest BCUT2D eigenvalue weighted by Crippen LogP contribution is -2.41. The Kier molecular flexibility index (Phi) is 63.1. The molecule has 0 aromatic rings. The largest absolute Gasteiger partial charge is 0.476 e. The van der Waals surface area contributed by atoms with Crippen LogP contribution in [0.15, 0.2) is 48.5 Å². The molecule has 0 aliphatic rings. The molecular weight excluding hydrogens is 468 g/mol. The first kappa shape index (κ1) is 49.3. The smallest absolute Gasteiger partial charge is 0.236 e. The molecule has 0 amide bonds. The quantitative estimate of drug-likeness (QED) is 0.0805. The molecule has 0 radical (unpaired) electrons. The Morgan fingerprint density at radius 2 is 0.971 bits per heavy atom. The summed E-state index contributed by atoms with van der Waals surface area (Å²) in [5.74, 6) is 0. The Labute approximate surface area is 210 Å². The molecule has 0 aromatic heterocycles. The van der Waals surface area contributed by atoms with Crippen molar-refractivity contribution in [2.75, 3.05) is 60.3 Å². The van der Waals surface area contributed by atoms with Crippen LogP contribution < -0.4 is 0 Å². The summed E-state index contributed by atoms with van der Waals surface area (Å²) in [5, 5.41) is 23.9. The second-order valence-corrected chi connectivity index (χ2v) is 4.84. The van der Waals surface area contributed by atoms with Crippen LogP contribution in [0.4, 0.5) is 0 Å². The lowest BCUT2D eigenvalue weighted by Gasteiger charge is -2.30. The molecule has 0 heterocycles. The maximum atomic E-state index is 9.62. The predicted octanol–water partition coefficient (Wildman–Crippen LogP) is 2.46. The van der Waals surface area contributed by atoms with Crippen molar-refractivity contribution in [1.29, 1.82) is 0 Å². The van der Waals surface area contributed by atoms with Crippen LogP contribution in [-0.2, 0) is 38.0 Å². The van der Waals surface area contributed by atoms with Gasteiger partial charge in [0.1, 0.15) is 6.79 Å². The maximum Gasteiger partial charge on any atom is 0.236 e. The van der Waals surface area contributed by atoms with Gasteiger partial charge in [-0.05, 0) is 0 Å². The number of isocyanates is 2. The molecule has 0 aliphatic carbocycles. The average Bonchev–Trinajstić information content (AvgIpc) is 2.78. The third-order valence-electron chi connectivity index (χ3n) is 2.64. The average molecular weight is 515 g/mol. The normalized spacial score (nSPS) is 8.09. The minimum absolute atomic E-state index is 0. The fourth-order valence-corrected chi connectivity index (χ4v) is 1.42. The van der Waals surface area contributed by atoms with E-state index < -0.39 is 12.2 Å². The minimum atomic E-state index is -0.764. The first-order valence-electron chi connectivity index (χ1n) is 8.38. The monoisotopic (exact) mass is 514 g/mol. The first-order valence-corrected chi connectivity index (χ1v) is 8.38. The Bertz CT molecular complexity index is 465. The van der Waals surface area contributed by atoms with Crippen molar-refractivity contribution >= 4 is 12.2 Å². The van der Waals surface area contributed by atoms with Crippen LogP contribution >= 0.6 is 0 Å². The predicted molar refractivity (Wildman–Crippen MR) is 133 cm³/mol. The van der Waals surface area contributed by atoms with E-state index in [1.165, 1.54) is 30.9 Å². The van der Waals surface area contributed by atoms with Crippen LogP contribution in [0.5, 0.6) is 0 Å². The molecule has 0 saturated carbocycles. The van der Waals surface area contributed by atoms with Gasteiger partial charge in [0, 0.05) is 0 Å². The van der Waals surface area contributed by atoms with E-state index in [1.54, 1.807) is 0 Å². The van der Waals surface area contributed by atoms with E-state index in [0.29, 0.717) is 0 Å². The van der Waals surface area contributed by atoms with Gasteiger partial charge in [-0.25, -0.2) is 9.59 Å². The van der Waals surface area contributed by atoms with Gasteiger partial charge in [0.15, 0.2) is 27.0 Å². The van der Waals surface area contributed by atoms with Crippen molar-refractivity contribution in [3.05, 3.63) is 38.5 Å². The van der Waals surface area contributed by atoms with Crippen molar-refractivity contribution in [2.45, 2.75) is 29.7 Å². The Hall–Kier alpha value is -2.86. The Balaban J connectivity index is -0.0000000955. The number of carbonyl (C=O) groups excluding carboxylic acids is 2. The Morgan fingerprint density at radius 3 is 1.17 bits per heavy atom. The highest BCUT2D eigenvalue weighted by atomic mass is 16.7. The van der Waals surface area contributed by atoms with Gasteiger partial charge in [-0.2, -0.15) is 9.98 Å². The zero-order chi connectivity index (χ0) is 24.1. The number of nitrogens with zero attached hydrogens (tertiary/aromatic N) is 2. The summed E-state index contributed by atoms with van der Waals surface area (Å²) in [7, 11) is 0. The highest BCUT2D eigenvalue weighted by molar-refractivity contribution is 5.35. The summed E-state index contributed by atoms with van der Waals surface area (Å²) in [5.41, 5.74) is -0.764. The van der Waals surface area contributed by atoms with Gasteiger partial charge in [-0.15, -0.1) is 0 Å². The van der Waals surface area contributed by atoms with Crippen LogP contribution in [0, 0.1) is 5.41 Å². The number of hydrogen-bond donors (Lipinski definition) is 3. The van der Waals surface area contributed by atoms with Gasteiger partial charge >= 0.3 is 0 Å². The summed E-state index contributed by atoms with van der Waals surface area (Å²) >= 11 is 0. The number of aliphatic hydroxyl groups excluding tert-OH is 2. The van der Waals surface area contributed by atoms with Gasteiger partial charge in [0.2, 0.25) is 12.2 Å². The van der Waals surface area contributed by atoms with Gasteiger partial charge in [0.05, 0.1) is 50.6 Å². The van der Waals surface area contributed by atoms with E-state index in [2.05, 4.69) is 29.7 Å².